The Morgan fingerprint density at radius 3 is 2.38 bits per heavy atom. The van der Waals surface area contributed by atoms with Crippen molar-refractivity contribution in [2.45, 2.75) is 70.6 Å². The Morgan fingerprint density at radius 1 is 1.19 bits per heavy atom. The number of hydrogen-bond acceptors (Lipinski definition) is 2. The fraction of sp³-hybridized carbons (Fsp3) is 1.00. The lowest BCUT2D eigenvalue weighted by Gasteiger charge is -2.48. The third-order valence-corrected chi connectivity index (χ3v) is 5.42. The van der Waals surface area contributed by atoms with E-state index in [2.05, 4.69) is 19.2 Å². The number of ether oxygens (including phenoxy) is 1. The molecule has 1 saturated heterocycles. The summed E-state index contributed by atoms with van der Waals surface area (Å²) in [5.41, 5.74) is 0.575. The van der Waals surface area contributed by atoms with Gasteiger partial charge in [0.05, 0.1) is 6.61 Å². The van der Waals surface area contributed by atoms with Crippen molar-refractivity contribution in [1.29, 1.82) is 0 Å². The van der Waals surface area contributed by atoms with Gasteiger partial charge >= 0.3 is 0 Å². The molecule has 3 rings (SSSR count). The summed E-state index contributed by atoms with van der Waals surface area (Å²) in [4.78, 5) is 0. The fourth-order valence-corrected chi connectivity index (χ4v) is 3.57. The summed E-state index contributed by atoms with van der Waals surface area (Å²) in [5, 5.41) is 3.81. The zero-order chi connectivity index (χ0) is 11.2. The third kappa shape index (κ3) is 1.70. The fourth-order valence-electron chi connectivity index (χ4n) is 3.57. The average molecular weight is 223 g/mol. The summed E-state index contributed by atoms with van der Waals surface area (Å²) in [6.45, 7) is 5.70. The standard InChI is InChI=1S/C14H25NO/c1-3-12-4-6-14(7-5-12)15-11(2)13(8-9-13)10-16-14/h11-12,15H,3-10H2,1-2H3. The van der Waals surface area contributed by atoms with Crippen molar-refractivity contribution in [1.82, 2.24) is 5.32 Å². The lowest BCUT2D eigenvalue weighted by atomic mass is 9.80. The second kappa shape index (κ2) is 3.71. The third-order valence-electron chi connectivity index (χ3n) is 5.42. The van der Waals surface area contributed by atoms with Crippen LogP contribution in [0.5, 0.6) is 0 Å². The smallest absolute Gasteiger partial charge is 0.119 e. The molecule has 0 amide bonds. The van der Waals surface area contributed by atoms with Crippen LogP contribution in [0.4, 0.5) is 0 Å². The van der Waals surface area contributed by atoms with Gasteiger partial charge in [-0.2, -0.15) is 0 Å². The molecule has 2 heteroatoms. The molecule has 2 spiro atoms. The second-order valence-corrected chi connectivity index (χ2v) is 6.36. The molecule has 2 saturated carbocycles. The van der Waals surface area contributed by atoms with Crippen LogP contribution in [0.25, 0.3) is 0 Å². The molecule has 92 valence electrons. The van der Waals surface area contributed by atoms with E-state index in [1.807, 2.05) is 0 Å². The lowest BCUT2D eigenvalue weighted by Crippen LogP contribution is -2.61. The molecule has 0 aromatic rings. The Morgan fingerprint density at radius 2 is 1.88 bits per heavy atom. The van der Waals surface area contributed by atoms with Crippen molar-refractivity contribution in [3.63, 3.8) is 0 Å². The zero-order valence-electron chi connectivity index (χ0n) is 10.7. The summed E-state index contributed by atoms with van der Waals surface area (Å²) in [6, 6.07) is 0.666. The maximum absolute atomic E-state index is 6.24. The summed E-state index contributed by atoms with van der Waals surface area (Å²) in [5.74, 6) is 0.947. The summed E-state index contributed by atoms with van der Waals surface area (Å²) < 4.78 is 6.24. The molecule has 3 fully saturated rings. The normalized spacial score (nSPS) is 46.1. The topological polar surface area (TPSA) is 21.3 Å². The first-order valence-electron chi connectivity index (χ1n) is 7.10. The number of nitrogens with one attached hydrogen (secondary N) is 1. The first kappa shape index (κ1) is 11.0. The molecule has 0 radical (unpaired) electrons. The minimum Gasteiger partial charge on any atom is -0.360 e. The van der Waals surface area contributed by atoms with Crippen LogP contribution < -0.4 is 5.32 Å². The van der Waals surface area contributed by atoms with Gasteiger partial charge in [0.1, 0.15) is 5.72 Å². The van der Waals surface area contributed by atoms with Crippen LogP contribution in [-0.4, -0.2) is 18.4 Å². The van der Waals surface area contributed by atoms with Crippen LogP contribution in [0.1, 0.15) is 58.8 Å². The molecule has 1 unspecified atom stereocenters. The van der Waals surface area contributed by atoms with Crippen molar-refractivity contribution in [3.05, 3.63) is 0 Å². The molecule has 0 bridgehead atoms. The Labute approximate surface area is 99.1 Å². The molecule has 1 N–H and O–H groups in total. The van der Waals surface area contributed by atoms with E-state index in [4.69, 9.17) is 4.74 Å². The molecule has 1 atom stereocenters. The van der Waals surface area contributed by atoms with Gasteiger partial charge in [0.25, 0.3) is 0 Å². The quantitative estimate of drug-likeness (QED) is 0.737. The minimum atomic E-state index is 0.0545. The molecular formula is C14H25NO. The maximum atomic E-state index is 6.24. The van der Waals surface area contributed by atoms with Crippen LogP contribution in [0.3, 0.4) is 0 Å². The second-order valence-electron chi connectivity index (χ2n) is 6.36. The maximum Gasteiger partial charge on any atom is 0.119 e. The first-order valence-corrected chi connectivity index (χ1v) is 7.10. The van der Waals surface area contributed by atoms with Gasteiger partial charge in [-0.15, -0.1) is 0 Å². The number of rotatable bonds is 1. The van der Waals surface area contributed by atoms with E-state index in [1.165, 1.54) is 44.9 Å². The van der Waals surface area contributed by atoms with E-state index in [0.717, 1.165) is 12.5 Å². The molecule has 0 aromatic carbocycles. The Bertz CT molecular complexity index is 264. The van der Waals surface area contributed by atoms with Gasteiger partial charge in [0.2, 0.25) is 0 Å². The minimum absolute atomic E-state index is 0.0545. The van der Waals surface area contributed by atoms with Crippen LogP contribution in [-0.2, 0) is 4.74 Å². The van der Waals surface area contributed by atoms with Gasteiger partial charge in [0.15, 0.2) is 0 Å². The highest BCUT2D eigenvalue weighted by molar-refractivity contribution is 5.06. The highest BCUT2D eigenvalue weighted by atomic mass is 16.5. The lowest BCUT2D eigenvalue weighted by molar-refractivity contribution is -0.160. The molecule has 2 aliphatic carbocycles. The summed E-state index contributed by atoms with van der Waals surface area (Å²) in [6.07, 6.45) is 9.24. The van der Waals surface area contributed by atoms with Gasteiger partial charge in [0, 0.05) is 11.5 Å². The average Bonchev–Trinajstić information content (AvgIpc) is 3.07. The molecular weight excluding hydrogens is 198 g/mol. The van der Waals surface area contributed by atoms with Gasteiger partial charge < -0.3 is 4.74 Å². The SMILES string of the molecule is CCC1CCC2(CC1)NC(C)C1(CC1)CO2. The molecule has 1 heterocycles. The Hall–Kier alpha value is -0.0800. The first-order chi connectivity index (χ1) is 7.68. The van der Waals surface area contributed by atoms with Gasteiger partial charge in [-0.1, -0.05) is 13.3 Å². The van der Waals surface area contributed by atoms with Crippen molar-refractivity contribution in [2.75, 3.05) is 6.61 Å². The largest absolute Gasteiger partial charge is 0.360 e. The zero-order valence-corrected chi connectivity index (χ0v) is 10.7. The van der Waals surface area contributed by atoms with Gasteiger partial charge in [-0.3, -0.25) is 5.32 Å². The van der Waals surface area contributed by atoms with Crippen LogP contribution in [0, 0.1) is 11.3 Å². The van der Waals surface area contributed by atoms with Gasteiger partial charge in [-0.25, -0.2) is 0 Å². The summed E-state index contributed by atoms with van der Waals surface area (Å²) >= 11 is 0. The van der Waals surface area contributed by atoms with Crippen LogP contribution in [0.2, 0.25) is 0 Å². The predicted molar refractivity (Wildman–Crippen MR) is 65.2 cm³/mol. The molecule has 2 nitrogen and oxygen atoms in total. The van der Waals surface area contributed by atoms with Crippen molar-refractivity contribution >= 4 is 0 Å². The van der Waals surface area contributed by atoms with E-state index >= 15 is 0 Å². The van der Waals surface area contributed by atoms with Crippen molar-refractivity contribution < 1.29 is 4.74 Å². The van der Waals surface area contributed by atoms with E-state index < -0.39 is 0 Å². The monoisotopic (exact) mass is 223 g/mol. The van der Waals surface area contributed by atoms with E-state index in [9.17, 15) is 0 Å². The van der Waals surface area contributed by atoms with Gasteiger partial charge in [-0.05, 0) is 51.4 Å². The predicted octanol–water partition coefficient (Wildman–Crippen LogP) is 3.07. The van der Waals surface area contributed by atoms with Crippen molar-refractivity contribution in [2.24, 2.45) is 11.3 Å². The molecule has 0 aromatic heterocycles. The molecule has 1 aliphatic heterocycles. The van der Waals surface area contributed by atoms with Crippen LogP contribution in [0.15, 0.2) is 0 Å². The van der Waals surface area contributed by atoms with Crippen LogP contribution >= 0.6 is 0 Å². The van der Waals surface area contributed by atoms with E-state index in [1.54, 1.807) is 0 Å². The number of hydrogen-bond donors (Lipinski definition) is 1. The Balaban J connectivity index is 1.63. The van der Waals surface area contributed by atoms with Crippen molar-refractivity contribution in [3.8, 4) is 0 Å². The van der Waals surface area contributed by atoms with E-state index in [0.29, 0.717) is 11.5 Å². The van der Waals surface area contributed by atoms with E-state index in [-0.39, 0.29) is 5.72 Å². The highest BCUT2D eigenvalue weighted by Crippen LogP contribution is 2.53. The molecule has 3 aliphatic rings. The highest BCUT2D eigenvalue weighted by Gasteiger charge is 2.54. The molecule has 16 heavy (non-hydrogen) atoms. The summed E-state index contributed by atoms with van der Waals surface area (Å²) in [7, 11) is 0. The Kier molecular flexibility index (Phi) is 2.56.